The predicted molar refractivity (Wildman–Crippen MR) is 150 cm³/mol. The first-order valence-electron chi connectivity index (χ1n) is 13.7. The highest BCUT2D eigenvalue weighted by Gasteiger charge is 2.39. The van der Waals surface area contributed by atoms with Crippen LogP contribution in [-0.4, -0.2) is 54.9 Å². The normalized spacial score (nSPS) is 23.9. The molecule has 0 saturated carbocycles. The monoisotopic (exact) mass is 530 g/mol. The molecule has 1 amide bonds. The maximum Gasteiger partial charge on any atom is 0.217 e. The highest BCUT2D eigenvalue weighted by atomic mass is 16.7. The maximum absolute atomic E-state index is 11.3. The van der Waals surface area contributed by atoms with E-state index < -0.39 is 6.29 Å². The molecule has 2 fully saturated rings. The zero-order valence-electron chi connectivity index (χ0n) is 22.7. The predicted octanol–water partition coefficient (Wildman–Crippen LogP) is 4.61. The molecule has 3 aromatic carbocycles. The van der Waals surface area contributed by atoms with Gasteiger partial charge in [0.25, 0.3) is 0 Å². The van der Waals surface area contributed by atoms with Gasteiger partial charge in [0.05, 0.1) is 32.0 Å². The lowest BCUT2D eigenvalue weighted by molar-refractivity contribution is -0.277. The first-order valence-corrected chi connectivity index (χ1v) is 13.7. The SMILES string of the molecule is CC(=O)NCc1cccc(-c2ccc([C@H]3O[C@@H](CN4CCOCC4)[C@@H](C)[C@@H](c4ccc(CO)cc4)O3)cc2)c1. The van der Waals surface area contributed by atoms with Gasteiger partial charge < -0.3 is 24.6 Å². The molecule has 39 heavy (non-hydrogen) atoms. The second-order valence-corrected chi connectivity index (χ2v) is 10.5. The average Bonchev–Trinajstić information content (AvgIpc) is 2.98. The molecule has 206 valence electrons. The van der Waals surface area contributed by atoms with E-state index in [4.69, 9.17) is 14.2 Å². The fourth-order valence-corrected chi connectivity index (χ4v) is 5.29. The lowest BCUT2D eigenvalue weighted by Crippen LogP contribution is -2.47. The number of carbonyl (C=O) groups is 1. The van der Waals surface area contributed by atoms with Crippen LogP contribution in [0.25, 0.3) is 11.1 Å². The molecule has 2 aliphatic heterocycles. The van der Waals surface area contributed by atoms with Crippen molar-refractivity contribution in [1.29, 1.82) is 0 Å². The Labute approximate surface area is 230 Å². The van der Waals surface area contributed by atoms with Gasteiger partial charge in [0.2, 0.25) is 5.91 Å². The number of hydrogen-bond acceptors (Lipinski definition) is 6. The zero-order chi connectivity index (χ0) is 27.2. The van der Waals surface area contributed by atoms with Gasteiger partial charge in [-0.15, -0.1) is 0 Å². The minimum absolute atomic E-state index is 0.00509. The third-order valence-electron chi connectivity index (χ3n) is 7.65. The quantitative estimate of drug-likeness (QED) is 0.443. The number of aliphatic hydroxyl groups is 1. The van der Waals surface area contributed by atoms with Crippen molar-refractivity contribution >= 4 is 5.91 Å². The lowest BCUT2D eigenvalue weighted by Gasteiger charge is -2.43. The summed E-state index contributed by atoms with van der Waals surface area (Å²) in [5.74, 6) is 0.107. The number of benzene rings is 3. The molecule has 2 aliphatic rings. The highest BCUT2D eigenvalue weighted by molar-refractivity contribution is 5.73. The average molecular weight is 531 g/mol. The van der Waals surface area contributed by atoms with E-state index in [1.165, 1.54) is 6.92 Å². The van der Waals surface area contributed by atoms with E-state index in [0.717, 1.165) is 66.2 Å². The number of aliphatic hydroxyl groups excluding tert-OH is 1. The summed E-state index contributed by atoms with van der Waals surface area (Å²) in [6, 6.07) is 24.6. The van der Waals surface area contributed by atoms with Crippen LogP contribution < -0.4 is 5.32 Å². The Balaban J connectivity index is 1.36. The van der Waals surface area contributed by atoms with Gasteiger partial charge in [0, 0.05) is 44.6 Å². The number of nitrogens with zero attached hydrogens (tertiary/aromatic N) is 1. The minimum atomic E-state index is -0.491. The van der Waals surface area contributed by atoms with Crippen LogP contribution in [-0.2, 0) is 32.2 Å². The molecule has 0 aliphatic carbocycles. The lowest BCUT2D eigenvalue weighted by atomic mass is 9.90. The molecule has 2 N–H and O–H groups in total. The second kappa shape index (κ2) is 12.9. The summed E-state index contributed by atoms with van der Waals surface area (Å²) in [6.07, 6.45) is -0.628. The maximum atomic E-state index is 11.3. The van der Waals surface area contributed by atoms with Crippen molar-refractivity contribution in [2.45, 2.75) is 45.5 Å². The fraction of sp³-hybridized carbons (Fsp3) is 0.406. The van der Waals surface area contributed by atoms with Crippen molar-refractivity contribution in [2.75, 3.05) is 32.8 Å². The number of hydrogen-bond donors (Lipinski definition) is 2. The molecule has 0 unspecified atom stereocenters. The number of morpholine rings is 1. The van der Waals surface area contributed by atoms with Gasteiger partial charge in [-0.1, -0.05) is 73.7 Å². The Kier molecular flexibility index (Phi) is 9.06. The summed E-state index contributed by atoms with van der Waals surface area (Å²) >= 11 is 0. The van der Waals surface area contributed by atoms with Gasteiger partial charge in [-0.25, -0.2) is 0 Å². The Bertz CT molecular complexity index is 1220. The molecule has 5 rings (SSSR count). The van der Waals surface area contributed by atoms with Crippen LogP contribution in [0, 0.1) is 5.92 Å². The van der Waals surface area contributed by atoms with Crippen LogP contribution in [0.4, 0.5) is 0 Å². The fourth-order valence-electron chi connectivity index (χ4n) is 5.29. The van der Waals surface area contributed by atoms with E-state index in [2.05, 4.69) is 65.7 Å². The van der Waals surface area contributed by atoms with Crippen molar-refractivity contribution < 1.29 is 24.1 Å². The molecule has 0 spiro atoms. The summed E-state index contributed by atoms with van der Waals surface area (Å²) in [5.41, 5.74) is 6.19. The van der Waals surface area contributed by atoms with Gasteiger partial charge in [0.1, 0.15) is 0 Å². The molecule has 0 aromatic heterocycles. The molecule has 3 aromatic rings. The Morgan fingerprint density at radius 1 is 0.923 bits per heavy atom. The second-order valence-electron chi connectivity index (χ2n) is 10.5. The molecule has 2 saturated heterocycles. The standard InChI is InChI=1S/C32H38N2O5/c1-22-30(20-34-14-16-37-17-15-34)38-32(39-31(22)27-8-6-24(21-35)7-9-27)28-12-10-26(11-13-28)29-5-3-4-25(18-29)19-33-23(2)36/h3-13,18,22,30-32,35H,14-17,19-21H2,1-2H3,(H,33,36)/t22-,30+,31+,32+/m1/s1. The largest absolute Gasteiger partial charge is 0.392 e. The summed E-state index contributed by atoms with van der Waals surface area (Å²) in [6.45, 7) is 8.40. The van der Waals surface area contributed by atoms with Crippen molar-refractivity contribution in [1.82, 2.24) is 10.2 Å². The van der Waals surface area contributed by atoms with E-state index in [-0.39, 0.29) is 30.6 Å². The third-order valence-corrected chi connectivity index (χ3v) is 7.65. The van der Waals surface area contributed by atoms with Crippen LogP contribution in [0.5, 0.6) is 0 Å². The summed E-state index contributed by atoms with van der Waals surface area (Å²) in [7, 11) is 0. The first kappa shape index (κ1) is 27.5. The first-order chi connectivity index (χ1) is 19.0. The molecule has 7 heteroatoms. The van der Waals surface area contributed by atoms with Gasteiger partial charge >= 0.3 is 0 Å². The van der Waals surface area contributed by atoms with Gasteiger partial charge in [0.15, 0.2) is 6.29 Å². The minimum Gasteiger partial charge on any atom is -0.392 e. The number of amides is 1. The van der Waals surface area contributed by atoms with Crippen molar-refractivity contribution in [2.24, 2.45) is 5.92 Å². The number of carbonyl (C=O) groups excluding carboxylic acids is 1. The van der Waals surface area contributed by atoms with Gasteiger partial charge in [-0.3, -0.25) is 9.69 Å². The number of ether oxygens (including phenoxy) is 3. The van der Waals surface area contributed by atoms with E-state index in [1.807, 2.05) is 24.3 Å². The molecular formula is C32H38N2O5. The molecule has 0 radical (unpaired) electrons. The smallest absolute Gasteiger partial charge is 0.217 e. The molecule has 7 nitrogen and oxygen atoms in total. The Hall–Kier alpha value is -3.07. The highest BCUT2D eigenvalue weighted by Crippen LogP contribution is 2.42. The van der Waals surface area contributed by atoms with E-state index in [1.54, 1.807) is 0 Å². The molecule has 2 heterocycles. The van der Waals surface area contributed by atoms with Crippen molar-refractivity contribution in [3.05, 3.63) is 95.1 Å². The van der Waals surface area contributed by atoms with Gasteiger partial charge in [-0.2, -0.15) is 0 Å². The molecule has 4 atom stereocenters. The van der Waals surface area contributed by atoms with Gasteiger partial charge in [-0.05, 0) is 33.9 Å². The number of rotatable bonds is 8. The van der Waals surface area contributed by atoms with E-state index >= 15 is 0 Å². The molecular weight excluding hydrogens is 492 g/mol. The third kappa shape index (κ3) is 6.93. The zero-order valence-corrected chi connectivity index (χ0v) is 22.7. The van der Waals surface area contributed by atoms with E-state index in [0.29, 0.717) is 6.54 Å². The topological polar surface area (TPSA) is 80.3 Å². The Morgan fingerprint density at radius 2 is 1.64 bits per heavy atom. The summed E-state index contributed by atoms with van der Waals surface area (Å²) in [4.78, 5) is 13.7. The van der Waals surface area contributed by atoms with Crippen LogP contribution in [0.2, 0.25) is 0 Å². The van der Waals surface area contributed by atoms with Crippen LogP contribution in [0.3, 0.4) is 0 Å². The van der Waals surface area contributed by atoms with Crippen molar-refractivity contribution in [3.63, 3.8) is 0 Å². The number of nitrogens with one attached hydrogen (secondary N) is 1. The molecule has 0 bridgehead atoms. The van der Waals surface area contributed by atoms with Crippen LogP contribution in [0.15, 0.2) is 72.8 Å². The Morgan fingerprint density at radius 3 is 2.33 bits per heavy atom. The summed E-state index contributed by atoms with van der Waals surface area (Å²) in [5, 5.41) is 12.3. The summed E-state index contributed by atoms with van der Waals surface area (Å²) < 4.78 is 18.8. The van der Waals surface area contributed by atoms with Crippen molar-refractivity contribution in [3.8, 4) is 11.1 Å². The van der Waals surface area contributed by atoms with Crippen LogP contribution >= 0.6 is 0 Å². The van der Waals surface area contributed by atoms with E-state index in [9.17, 15) is 9.90 Å². The van der Waals surface area contributed by atoms with Crippen LogP contribution in [0.1, 0.15) is 48.5 Å².